The van der Waals surface area contributed by atoms with E-state index < -0.39 is 11.5 Å². The van der Waals surface area contributed by atoms with E-state index in [-0.39, 0.29) is 18.0 Å². The number of aromatic nitrogens is 1. The number of pyridine rings is 2. The van der Waals surface area contributed by atoms with Gasteiger partial charge in [0.2, 0.25) is 0 Å². The maximum absolute atomic E-state index is 12.7. The fraction of sp³-hybridized carbons (Fsp3) is 0.273. The molecular formula is C22H21ClN2O3. The highest BCUT2D eigenvalue weighted by molar-refractivity contribution is 5.89. The predicted octanol–water partition coefficient (Wildman–Crippen LogP) is 4.24. The molecule has 0 saturated heterocycles. The third-order valence-corrected chi connectivity index (χ3v) is 5.79. The van der Waals surface area contributed by atoms with Crippen molar-refractivity contribution in [3.8, 4) is 11.1 Å². The van der Waals surface area contributed by atoms with Gasteiger partial charge in [-0.1, -0.05) is 6.07 Å². The summed E-state index contributed by atoms with van der Waals surface area (Å²) < 4.78 is 1.52. The summed E-state index contributed by atoms with van der Waals surface area (Å²) >= 11 is 0. The first-order chi connectivity index (χ1) is 13.0. The number of anilines is 1. The second-order valence-corrected chi connectivity index (χ2v) is 7.52. The molecule has 3 heterocycles. The van der Waals surface area contributed by atoms with E-state index in [0.29, 0.717) is 5.92 Å². The number of hydrogen-bond donors (Lipinski definition) is 2. The average Bonchev–Trinajstić information content (AvgIpc) is 3.39. The maximum atomic E-state index is 12.7. The molecule has 6 heteroatoms. The standard InChI is InChI=1S/C22H20N2O3.ClH/c1-12-16(14-4-5-19-15(10-14)6-8-23-19)7-9-24-20(12)17(13-2-3-13)11-18(21(24)25)22(26)27;/h4-5,7,9-11,13,23H,2-3,6,8H2,1H3,(H,26,27);1H. The van der Waals surface area contributed by atoms with Crippen molar-refractivity contribution in [2.75, 3.05) is 11.9 Å². The van der Waals surface area contributed by atoms with Crippen molar-refractivity contribution < 1.29 is 9.90 Å². The van der Waals surface area contributed by atoms with Crippen LogP contribution in [-0.2, 0) is 6.42 Å². The highest BCUT2D eigenvalue weighted by Gasteiger charge is 2.29. The number of carbonyl (C=O) groups is 1. The highest BCUT2D eigenvalue weighted by Crippen LogP contribution is 2.43. The van der Waals surface area contributed by atoms with Gasteiger partial charge in [-0.05, 0) is 84.2 Å². The van der Waals surface area contributed by atoms with E-state index in [2.05, 4.69) is 23.5 Å². The van der Waals surface area contributed by atoms with E-state index in [4.69, 9.17) is 0 Å². The molecule has 0 amide bonds. The van der Waals surface area contributed by atoms with Crippen LogP contribution in [0.5, 0.6) is 0 Å². The molecule has 0 bridgehead atoms. The van der Waals surface area contributed by atoms with Gasteiger partial charge in [-0.3, -0.25) is 9.20 Å². The molecule has 3 aromatic rings. The fourth-order valence-electron chi connectivity index (χ4n) is 4.24. The van der Waals surface area contributed by atoms with E-state index in [1.54, 1.807) is 12.3 Å². The quantitative estimate of drug-likeness (QED) is 0.694. The lowest BCUT2D eigenvalue weighted by Crippen LogP contribution is -2.23. The number of aromatic carboxylic acids is 1. The van der Waals surface area contributed by atoms with E-state index in [1.807, 2.05) is 13.0 Å². The van der Waals surface area contributed by atoms with Gasteiger partial charge in [0.1, 0.15) is 5.56 Å². The minimum atomic E-state index is -1.16. The van der Waals surface area contributed by atoms with Gasteiger partial charge in [-0.15, -0.1) is 12.4 Å². The molecule has 1 aliphatic carbocycles. The zero-order chi connectivity index (χ0) is 18.7. The number of hydrogen-bond acceptors (Lipinski definition) is 3. The van der Waals surface area contributed by atoms with E-state index >= 15 is 0 Å². The lowest BCUT2D eigenvalue weighted by atomic mass is 9.95. The zero-order valence-electron chi connectivity index (χ0n) is 15.5. The number of aryl methyl sites for hydroxylation is 1. The molecule has 0 spiro atoms. The number of fused-ring (bicyclic) bond motifs is 2. The Kier molecular flexibility index (Phi) is 4.42. The van der Waals surface area contributed by atoms with Crippen molar-refractivity contribution in [1.29, 1.82) is 0 Å². The van der Waals surface area contributed by atoms with Gasteiger partial charge in [-0.2, -0.15) is 0 Å². The number of benzene rings is 1. The Balaban J connectivity index is 0.00000192. The number of rotatable bonds is 3. The number of nitrogens with one attached hydrogen (secondary N) is 1. The number of carboxylic acid groups (broad SMARTS) is 1. The van der Waals surface area contributed by atoms with E-state index in [0.717, 1.165) is 53.6 Å². The first-order valence-electron chi connectivity index (χ1n) is 9.34. The third-order valence-electron chi connectivity index (χ3n) is 5.79. The molecule has 2 aliphatic rings. The summed E-state index contributed by atoms with van der Waals surface area (Å²) in [6.45, 7) is 3.00. The molecule has 1 saturated carbocycles. The monoisotopic (exact) mass is 396 g/mol. The Morgan fingerprint density at radius 3 is 2.71 bits per heavy atom. The molecule has 0 atom stereocenters. The van der Waals surface area contributed by atoms with Crippen LogP contribution in [0.2, 0.25) is 0 Å². The summed E-state index contributed by atoms with van der Waals surface area (Å²) in [5.74, 6) is -0.818. The summed E-state index contributed by atoms with van der Waals surface area (Å²) in [5, 5.41) is 12.8. The zero-order valence-corrected chi connectivity index (χ0v) is 16.3. The van der Waals surface area contributed by atoms with Crippen molar-refractivity contribution in [3.63, 3.8) is 0 Å². The average molecular weight is 397 g/mol. The van der Waals surface area contributed by atoms with Crippen LogP contribution in [0.4, 0.5) is 5.69 Å². The maximum Gasteiger partial charge on any atom is 0.341 e. The Hall–Kier alpha value is -2.79. The number of nitrogens with zero attached hydrogens (tertiary/aromatic N) is 1. The van der Waals surface area contributed by atoms with Crippen LogP contribution >= 0.6 is 12.4 Å². The summed E-state index contributed by atoms with van der Waals surface area (Å²) in [6.07, 6.45) is 4.83. The SMILES string of the molecule is Cc1c(-c2ccc3c(c2)CCN3)ccn2c(=O)c(C(=O)O)cc(C3CC3)c12.Cl. The second kappa shape index (κ2) is 6.67. The first kappa shape index (κ1) is 18.6. The molecule has 28 heavy (non-hydrogen) atoms. The Bertz CT molecular complexity index is 1180. The minimum absolute atomic E-state index is 0. The molecule has 5 nitrogen and oxygen atoms in total. The summed E-state index contributed by atoms with van der Waals surface area (Å²) in [5.41, 5.74) is 6.99. The van der Waals surface area contributed by atoms with Crippen LogP contribution in [0.1, 0.15) is 45.8 Å². The number of carboxylic acids is 1. The van der Waals surface area contributed by atoms with E-state index in [9.17, 15) is 14.7 Å². The van der Waals surface area contributed by atoms with Crippen LogP contribution < -0.4 is 10.9 Å². The number of halogens is 1. The predicted molar refractivity (Wildman–Crippen MR) is 112 cm³/mol. The molecule has 1 aromatic carbocycles. The molecular weight excluding hydrogens is 376 g/mol. The van der Waals surface area contributed by atoms with Crippen molar-refractivity contribution in [3.05, 3.63) is 69.1 Å². The normalized spacial score (nSPS) is 15.0. The lowest BCUT2D eigenvalue weighted by Gasteiger charge is -2.16. The van der Waals surface area contributed by atoms with Crippen molar-refractivity contribution in [2.45, 2.75) is 32.1 Å². The topological polar surface area (TPSA) is 70.8 Å². The van der Waals surface area contributed by atoms with Gasteiger partial charge in [0.05, 0.1) is 5.52 Å². The third kappa shape index (κ3) is 2.78. The minimum Gasteiger partial charge on any atom is -0.477 e. The van der Waals surface area contributed by atoms with Gasteiger partial charge in [0, 0.05) is 18.4 Å². The van der Waals surface area contributed by atoms with Crippen molar-refractivity contribution >= 4 is 29.6 Å². The van der Waals surface area contributed by atoms with Gasteiger partial charge in [0.25, 0.3) is 5.56 Å². The molecule has 2 aromatic heterocycles. The van der Waals surface area contributed by atoms with Crippen LogP contribution in [0, 0.1) is 6.92 Å². The summed E-state index contributed by atoms with van der Waals surface area (Å²) in [4.78, 5) is 24.2. The van der Waals surface area contributed by atoms with Gasteiger partial charge in [-0.25, -0.2) is 4.79 Å². The van der Waals surface area contributed by atoms with Crippen molar-refractivity contribution in [2.24, 2.45) is 0 Å². The molecule has 144 valence electrons. The van der Waals surface area contributed by atoms with Crippen LogP contribution in [0.25, 0.3) is 16.6 Å². The fourth-order valence-corrected chi connectivity index (χ4v) is 4.24. The summed E-state index contributed by atoms with van der Waals surface area (Å²) in [6, 6.07) is 9.96. The second-order valence-electron chi connectivity index (χ2n) is 7.52. The molecule has 1 fully saturated rings. The van der Waals surface area contributed by atoms with E-state index in [1.165, 1.54) is 15.7 Å². The van der Waals surface area contributed by atoms with Crippen LogP contribution in [-0.4, -0.2) is 22.0 Å². The molecule has 1 aliphatic heterocycles. The molecule has 0 unspecified atom stereocenters. The first-order valence-corrected chi connectivity index (χ1v) is 9.34. The van der Waals surface area contributed by atoms with Crippen LogP contribution in [0.15, 0.2) is 41.3 Å². The Labute approximate surface area is 168 Å². The van der Waals surface area contributed by atoms with Crippen LogP contribution in [0.3, 0.4) is 0 Å². The highest BCUT2D eigenvalue weighted by atomic mass is 35.5. The molecule has 2 N–H and O–H groups in total. The van der Waals surface area contributed by atoms with Gasteiger partial charge >= 0.3 is 5.97 Å². The Morgan fingerprint density at radius 2 is 2.00 bits per heavy atom. The summed E-state index contributed by atoms with van der Waals surface area (Å²) in [7, 11) is 0. The lowest BCUT2D eigenvalue weighted by molar-refractivity contribution is 0.0694. The smallest absolute Gasteiger partial charge is 0.341 e. The Morgan fingerprint density at radius 1 is 1.21 bits per heavy atom. The largest absolute Gasteiger partial charge is 0.477 e. The van der Waals surface area contributed by atoms with Gasteiger partial charge < -0.3 is 10.4 Å². The van der Waals surface area contributed by atoms with Gasteiger partial charge in [0.15, 0.2) is 0 Å². The van der Waals surface area contributed by atoms with Crippen molar-refractivity contribution in [1.82, 2.24) is 4.40 Å². The molecule has 5 rings (SSSR count). The molecule has 0 radical (unpaired) electrons.